The average Bonchev–Trinajstić information content (AvgIpc) is 3.84. The Balaban J connectivity index is 0.806. The van der Waals surface area contributed by atoms with Crippen molar-refractivity contribution < 1.29 is 41.8 Å². The maximum atomic E-state index is 15.9. The van der Waals surface area contributed by atoms with Gasteiger partial charge in [-0.25, -0.2) is 22.1 Å². The van der Waals surface area contributed by atoms with Crippen molar-refractivity contribution in [3.63, 3.8) is 0 Å². The smallest absolute Gasteiger partial charge is 0.280 e. The number of nitrogens with one attached hydrogen (secondary N) is 2. The summed E-state index contributed by atoms with van der Waals surface area (Å²) < 4.78 is 65.2. The minimum atomic E-state index is -3.18. The Morgan fingerprint density at radius 1 is 1.00 bits per heavy atom. The lowest BCUT2D eigenvalue weighted by atomic mass is 9.89. The van der Waals surface area contributed by atoms with Crippen molar-refractivity contribution in [1.82, 2.24) is 34.5 Å². The summed E-state index contributed by atoms with van der Waals surface area (Å²) in [7, 11) is 0. The van der Waals surface area contributed by atoms with Gasteiger partial charge in [-0.05, 0) is 82.0 Å². The van der Waals surface area contributed by atoms with Crippen LogP contribution < -0.4 is 15.5 Å². The zero-order chi connectivity index (χ0) is 44.5. The fraction of sp³-hybridized carbons (Fsp3) is 0.432. The molecular weight excluding hydrogens is 825 g/mol. The van der Waals surface area contributed by atoms with Crippen LogP contribution in [0.1, 0.15) is 85.1 Å². The normalized spacial score (nSPS) is 21.4. The second-order valence-electron chi connectivity index (χ2n) is 17.5. The number of anilines is 2. The quantitative estimate of drug-likeness (QED) is 0.144. The fourth-order valence-electron chi connectivity index (χ4n) is 9.49. The number of alkyl halides is 2. The summed E-state index contributed by atoms with van der Waals surface area (Å²) in [6.45, 7) is 3.58. The van der Waals surface area contributed by atoms with E-state index in [2.05, 4.69) is 15.7 Å². The predicted octanol–water partition coefficient (Wildman–Crippen LogP) is 4.84. The minimum Gasteiger partial charge on any atom is -0.386 e. The van der Waals surface area contributed by atoms with E-state index in [1.807, 2.05) is 16.9 Å². The van der Waals surface area contributed by atoms with Gasteiger partial charge in [-0.3, -0.25) is 34.1 Å². The lowest BCUT2D eigenvalue weighted by molar-refractivity contribution is -0.160. The number of carbonyl (C=O) groups is 4. The SMILES string of the molecule is CC(C)(O)c1cc2nn(C3CCN([C@@H]4CCN(C(=O)C5CN(c6cc(F)c([C@H]7CCC(=O)NC7=O)c(F)c6)C5)CC4(F)F)CC3)cc2cc1NC(=O)c1ccc2cc(C#N)cnn12. The van der Waals surface area contributed by atoms with Crippen LogP contribution >= 0.6 is 0 Å². The zero-order valence-electron chi connectivity index (χ0n) is 34.5. The third-order valence-corrected chi connectivity index (χ3v) is 12.9. The number of carbonyl (C=O) groups excluding carboxylic acids is 4. The maximum absolute atomic E-state index is 15.9. The number of aromatic nitrogens is 4. The van der Waals surface area contributed by atoms with E-state index in [-0.39, 0.29) is 56.3 Å². The van der Waals surface area contributed by atoms with Crippen molar-refractivity contribution in [3.8, 4) is 6.07 Å². The van der Waals surface area contributed by atoms with E-state index in [1.54, 1.807) is 54.0 Å². The molecule has 3 aromatic heterocycles. The maximum Gasteiger partial charge on any atom is 0.280 e. The van der Waals surface area contributed by atoms with E-state index < -0.39 is 76.8 Å². The van der Waals surface area contributed by atoms with Crippen LogP contribution in [-0.2, 0) is 20.0 Å². The summed E-state index contributed by atoms with van der Waals surface area (Å²) in [5, 5.41) is 35.1. The molecule has 4 fully saturated rings. The summed E-state index contributed by atoms with van der Waals surface area (Å²) in [6, 6.07) is 11.4. The highest BCUT2D eigenvalue weighted by Crippen LogP contribution is 2.39. The second-order valence-corrected chi connectivity index (χ2v) is 17.5. The molecule has 0 saturated carbocycles. The Morgan fingerprint density at radius 2 is 1.73 bits per heavy atom. The first kappa shape index (κ1) is 41.9. The van der Waals surface area contributed by atoms with Crippen molar-refractivity contribution in [1.29, 1.82) is 5.26 Å². The van der Waals surface area contributed by atoms with Crippen LogP contribution in [0.3, 0.4) is 0 Å². The zero-order valence-corrected chi connectivity index (χ0v) is 34.5. The number of halogens is 4. The van der Waals surface area contributed by atoms with Crippen molar-refractivity contribution in [2.45, 2.75) is 75.5 Å². The summed E-state index contributed by atoms with van der Waals surface area (Å²) in [4.78, 5) is 55.2. The molecule has 0 spiro atoms. The first-order valence-corrected chi connectivity index (χ1v) is 20.9. The Morgan fingerprint density at radius 3 is 2.40 bits per heavy atom. The van der Waals surface area contributed by atoms with Gasteiger partial charge in [0.2, 0.25) is 17.7 Å². The van der Waals surface area contributed by atoms with Gasteiger partial charge in [0, 0.05) is 73.2 Å². The molecule has 3 N–H and O–H groups in total. The van der Waals surface area contributed by atoms with Gasteiger partial charge in [0.05, 0.1) is 58.9 Å². The van der Waals surface area contributed by atoms with Gasteiger partial charge in [0.1, 0.15) is 23.4 Å². The monoisotopic (exact) mass is 868 g/mol. The molecule has 0 aliphatic carbocycles. The first-order chi connectivity index (χ1) is 30.0. The van der Waals surface area contributed by atoms with Gasteiger partial charge in [-0.2, -0.15) is 15.5 Å². The van der Waals surface area contributed by atoms with Gasteiger partial charge in [-0.15, -0.1) is 0 Å². The molecule has 7 heterocycles. The van der Waals surface area contributed by atoms with E-state index in [0.29, 0.717) is 59.2 Å². The van der Waals surface area contributed by atoms with Crippen molar-refractivity contribution in [3.05, 3.63) is 88.9 Å². The molecule has 4 saturated heterocycles. The predicted molar refractivity (Wildman–Crippen MR) is 220 cm³/mol. The Kier molecular flexibility index (Phi) is 10.5. The molecule has 2 aromatic carbocycles. The average molecular weight is 869 g/mol. The van der Waals surface area contributed by atoms with Crippen LogP contribution in [0.2, 0.25) is 0 Å². The van der Waals surface area contributed by atoms with E-state index in [0.717, 1.165) is 12.1 Å². The number of benzene rings is 2. The third-order valence-electron chi connectivity index (χ3n) is 12.9. The first-order valence-electron chi connectivity index (χ1n) is 20.9. The minimum absolute atomic E-state index is 0.0140. The number of nitrogens with zero attached hydrogens (tertiary/aromatic N) is 8. The van der Waals surface area contributed by atoms with E-state index in [4.69, 9.17) is 5.10 Å². The molecule has 0 bridgehead atoms. The van der Waals surface area contributed by atoms with Gasteiger partial charge >= 0.3 is 0 Å². The number of likely N-dealkylation sites (tertiary alicyclic amines) is 2. The van der Waals surface area contributed by atoms with E-state index in [9.17, 15) is 29.5 Å². The summed E-state index contributed by atoms with van der Waals surface area (Å²) >= 11 is 0. The number of piperidine rings is 3. The van der Waals surface area contributed by atoms with Crippen LogP contribution in [0.25, 0.3) is 16.4 Å². The lowest BCUT2D eigenvalue weighted by Crippen LogP contribution is -2.63. The third kappa shape index (κ3) is 7.86. The molecule has 15 nitrogen and oxygen atoms in total. The Labute approximate surface area is 358 Å². The lowest BCUT2D eigenvalue weighted by Gasteiger charge is -2.48. The van der Waals surface area contributed by atoms with Crippen LogP contribution in [0.5, 0.6) is 0 Å². The highest BCUT2D eigenvalue weighted by molar-refractivity contribution is 6.05. The number of fused-ring (bicyclic) bond motifs is 2. The van der Waals surface area contributed by atoms with E-state index >= 15 is 17.6 Å². The number of hydrogen-bond donors (Lipinski definition) is 3. The fourth-order valence-corrected chi connectivity index (χ4v) is 9.49. The van der Waals surface area contributed by atoms with Crippen LogP contribution in [0, 0.1) is 28.9 Å². The van der Waals surface area contributed by atoms with Crippen LogP contribution in [-0.4, -0.2) is 109 Å². The highest BCUT2D eigenvalue weighted by atomic mass is 19.3. The number of aliphatic hydroxyl groups is 1. The molecule has 4 aliphatic rings. The molecule has 328 valence electrons. The highest BCUT2D eigenvalue weighted by Gasteiger charge is 2.50. The molecule has 4 amide bonds. The van der Waals surface area contributed by atoms with Crippen molar-refractivity contribution >= 4 is 51.4 Å². The van der Waals surface area contributed by atoms with E-state index in [1.165, 1.54) is 15.6 Å². The van der Waals surface area contributed by atoms with Gasteiger partial charge < -0.3 is 20.2 Å². The summed E-state index contributed by atoms with van der Waals surface area (Å²) in [6.07, 6.45) is 4.33. The molecular formula is C44H44F4N10O5. The number of hydrogen-bond acceptors (Lipinski definition) is 10. The van der Waals surface area contributed by atoms with Crippen molar-refractivity contribution in [2.75, 3.05) is 49.5 Å². The number of amides is 4. The summed E-state index contributed by atoms with van der Waals surface area (Å²) in [5.74, 6) is -8.98. The molecule has 5 aromatic rings. The topological polar surface area (TPSA) is 181 Å². The Hall–Kier alpha value is -6.39. The number of imide groups is 1. The largest absolute Gasteiger partial charge is 0.386 e. The van der Waals surface area contributed by atoms with Gasteiger partial charge in [0.15, 0.2) is 0 Å². The standard InChI is InChI=1S/C44H44F4N10O5/c1-43(2,63)31-17-34-25(14-35(31)51-41(61)36-5-3-28-13-24(18-49)19-50-58(28)36)22-57(53-34)27-7-10-54(11-8-27)37-9-12-55(23-44(37,47)48)42(62)26-20-56(21-26)29-15-32(45)39(33(46)16-29)30-4-6-38(59)52-40(30)60/h3,5,13-17,19,22,26-27,30,37,63H,4,6-12,20-21,23H2,1-2H3,(H,51,61)(H,52,59,60)/t30-,37-/m1/s1. The number of nitriles is 1. The molecule has 4 aliphatic heterocycles. The molecule has 9 rings (SSSR count). The van der Waals surface area contributed by atoms with Crippen molar-refractivity contribution in [2.24, 2.45) is 5.92 Å². The number of rotatable bonds is 8. The van der Waals surface area contributed by atoms with Crippen LogP contribution in [0.4, 0.5) is 28.9 Å². The molecule has 0 unspecified atom stereocenters. The Bertz CT molecular complexity index is 2700. The van der Waals surface area contributed by atoms with Gasteiger partial charge in [0.25, 0.3) is 11.8 Å². The molecule has 2 atom stereocenters. The molecule has 0 radical (unpaired) electrons. The summed E-state index contributed by atoms with van der Waals surface area (Å²) in [5.41, 5.74) is 0.973. The second kappa shape index (κ2) is 15.8. The molecule has 19 heteroatoms. The van der Waals surface area contributed by atoms with Crippen LogP contribution in [0.15, 0.2) is 54.9 Å². The van der Waals surface area contributed by atoms with Gasteiger partial charge in [-0.1, -0.05) is 0 Å². The molecule has 63 heavy (non-hydrogen) atoms.